The van der Waals surface area contributed by atoms with Crippen LogP contribution in [0.3, 0.4) is 0 Å². The van der Waals surface area contributed by atoms with E-state index in [1.807, 2.05) is 0 Å². The van der Waals surface area contributed by atoms with E-state index in [0.29, 0.717) is 48.5 Å². The number of carbonyl (C=O) groups is 2. The van der Waals surface area contributed by atoms with E-state index >= 15 is 0 Å². The lowest BCUT2D eigenvalue weighted by Gasteiger charge is -2.26. The molecule has 1 aromatic heterocycles. The van der Waals surface area contributed by atoms with Gasteiger partial charge in [0, 0.05) is 30.6 Å². The number of ether oxygens (including phenoxy) is 1. The molecule has 0 spiro atoms. The average molecular weight is 409 g/mol. The fourth-order valence-electron chi connectivity index (χ4n) is 3.38. The second kappa shape index (κ2) is 8.34. The summed E-state index contributed by atoms with van der Waals surface area (Å²) in [7, 11) is 0. The van der Waals surface area contributed by atoms with Crippen LogP contribution in [0, 0.1) is 10.1 Å². The maximum Gasteiger partial charge on any atom is 0.291 e. The van der Waals surface area contributed by atoms with Crippen LogP contribution in [0.25, 0.3) is 11.0 Å². The van der Waals surface area contributed by atoms with Gasteiger partial charge in [-0.15, -0.1) is 0 Å². The van der Waals surface area contributed by atoms with E-state index in [9.17, 15) is 19.7 Å². The number of hydrogen-bond donors (Lipinski definition) is 1. The number of non-ortho nitro benzene ring substituents is 1. The first kappa shape index (κ1) is 19.6. The molecule has 1 aliphatic heterocycles. The highest BCUT2D eigenvalue weighted by Gasteiger charge is 2.27. The molecule has 0 atom stereocenters. The largest absolute Gasteiger partial charge is 0.449 e. The first-order valence-corrected chi connectivity index (χ1v) is 9.44. The number of benzene rings is 2. The number of morpholine rings is 1. The van der Waals surface area contributed by atoms with E-state index in [-0.39, 0.29) is 23.8 Å². The molecule has 0 unspecified atom stereocenters. The molecule has 1 N–H and O–H groups in total. The lowest BCUT2D eigenvalue weighted by atomic mass is 10.1. The van der Waals surface area contributed by atoms with Crippen molar-refractivity contribution < 1.29 is 23.7 Å². The number of nitro groups is 1. The Hall–Kier alpha value is -3.72. The second-order valence-electron chi connectivity index (χ2n) is 6.86. The van der Waals surface area contributed by atoms with Gasteiger partial charge in [-0.1, -0.05) is 24.3 Å². The number of amides is 2. The maximum absolute atomic E-state index is 13.0. The number of fused-ring (bicyclic) bond motifs is 1. The van der Waals surface area contributed by atoms with E-state index in [1.165, 1.54) is 18.2 Å². The van der Waals surface area contributed by atoms with Crippen molar-refractivity contribution in [3.8, 4) is 0 Å². The summed E-state index contributed by atoms with van der Waals surface area (Å²) in [6.07, 6.45) is -0.0770. The van der Waals surface area contributed by atoms with Crippen LogP contribution >= 0.6 is 0 Å². The van der Waals surface area contributed by atoms with Crippen LogP contribution in [-0.2, 0) is 16.0 Å². The van der Waals surface area contributed by atoms with Gasteiger partial charge in [-0.05, 0) is 17.7 Å². The molecule has 9 nitrogen and oxygen atoms in total. The summed E-state index contributed by atoms with van der Waals surface area (Å²) in [6.45, 7) is 1.77. The zero-order valence-electron chi connectivity index (χ0n) is 16.0. The molecule has 154 valence electrons. The van der Waals surface area contributed by atoms with Crippen LogP contribution in [-0.4, -0.2) is 47.9 Å². The Labute approximate surface area is 171 Å². The second-order valence-corrected chi connectivity index (χ2v) is 6.86. The fraction of sp³-hybridized carbons (Fsp3) is 0.238. The molecule has 0 saturated carbocycles. The monoisotopic (exact) mass is 409 g/mol. The van der Waals surface area contributed by atoms with Crippen molar-refractivity contribution in [1.29, 1.82) is 0 Å². The predicted octanol–water partition coefficient (Wildman–Crippen LogP) is 2.99. The lowest BCUT2D eigenvalue weighted by Crippen LogP contribution is -2.40. The Kier molecular flexibility index (Phi) is 5.44. The van der Waals surface area contributed by atoms with Crippen molar-refractivity contribution in [2.45, 2.75) is 6.42 Å². The smallest absolute Gasteiger partial charge is 0.291 e. The number of carbonyl (C=O) groups excluding carboxylic acids is 2. The molecule has 4 rings (SSSR count). The molecule has 0 aliphatic carbocycles. The standard InChI is InChI=1S/C21H19N3O6/c25-18(13-14-4-3-5-15(12-14)24(27)28)22-19-16-6-1-2-7-17(16)30-20(19)21(26)23-8-10-29-11-9-23/h1-7,12H,8-11,13H2,(H,22,25). The molecular weight excluding hydrogens is 390 g/mol. The summed E-state index contributed by atoms with van der Waals surface area (Å²) in [6, 6.07) is 12.9. The van der Waals surface area contributed by atoms with Crippen molar-refractivity contribution in [2.24, 2.45) is 0 Å². The third-order valence-electron chi connectivity index (χ3n) is 4.84. The normalized spacial score (nSPS) is 13.9. The molecule has 2 heterocycles. The van der Waals surface area contributed by atoms with Crippen LogP contribution in [0.15, 0.2) is 52.9 Å². The SMILES string of the molecule is O=C(Cc1cccc([N+](=O)[O-])c1)Nc1c(C(=O)N2CCOCC2)oc2ccccc12. The Morgan fingerprint density at radius 3 is 2.63 bits per heavy atom. The van der Waals surface area contributed by atoms with Crippen molar-refractivity contribution in [3.63, 3.8) is 0 Å². The summed E-state index contributed by atoms with van der Waals surface area (Å²) < 4.78 is 11.1. The van der Waals surface area contributed by atoms with E-state index in [4.69, 9.17) is 9.15 Å². The quantitative estimate of drug-likeness (QED) is 0.512. The molecule has 1 fully saturated rings. The van der Waals surface area contributed by atoms with Gasteiger partial charge in [0.05, 0.1) is 24.6 Å². The summed E-state index contributed by atoms with van der Waals surface area (Å²) in [5, 5.41) is 14.3. The molecule has 1 aliphatic rings. The molecule has 2 aromatic carbocycles. The van der Waals surface area contributed by atoms with Crippen LogP contribution in [0.5, 0.6) is 0 Å². The van der Waals surface area contributed by atoms with Crippen LogP contribution in [0.4, 0.5) is 11.4 Å². The molecule has 3 aromatic rings. The minimum Gasteiger partial charge on any atom is -0.449 e. The number of para-hydroxylation sites is 1. The number of nitrogens with zero attached hydrogens (tertiary/aromatic N) is 2. The van der Waals surface area contributed by atoms with Crippen LogP contribution in [0.1, 0.15) is 16.1 Å². The van der Waals surface area contributed by atoms with Gasteiger partial charge >= 0.3 is 0 Å². The topological polar surface area (TPSA) is 115 Å². The third kappa shape index (κ3) is 4.01. The molecule has 9 heteroatoms. The fourth-order valence-corrected chi connectivity index (χ4v) is 3.38. The van der Waals surface area contributed by atoms with Gasteiger partial charge in [0.1, 0.15) is 11.3 Å². The summed E-state index contributed by atoms with van der Waals surface area (Å²) in [4.78, 5) is 37.8. The molecule has 1 saturated heterocycles. The zero-order chi connectivity index (χ0) is 21.1. The maximum atomic E-state index is 13.0. The van der Waals surface area contributed by atoms with E-state index in [1.54, 1.807) is 35.2 Å². The number of nitro benzene ring substituents is 1. The summed E-state index contributed by atoms with van der Waals surface area (Å²) >= 11 is 0. The Morgan fingerprint density at radius 2 is 1.87 bits per heavy atom. The minimum atomic E-state index is -0.510. The van der Waals surface area contributed by atoms with Gasteiger partial charge in [-0.25, -0.2) is 0 Å². The van der Waals surface area contributed by atoms with Gasteiger partial charge in [-0.3, -0.25) is 19.7 Å². The molecule has 2 amide bonds. The van der Waals surface area contributed by atoms with Gasteiger partial charge in [-0.2, -0.15) is 0 Å². The summed E-state index contributed by atoms with van der Waals surface area (Å²) in [5.74, 6) is -0.663. The van der Waals surface area contributed by atoms with Crippen molar-refractivity contribution in [2.75, 3.05) is 31.6 Å². The Morgan fingerprint density at radius 1 is 1.10 bits per heavy atom. The number of nitrogens with one attached hydrogen (secondary N) is 1. The van der Waals surface area contributed by atoms with Gasteiger partial charge in [0.2, 0.25) is 11.7 Å². The molecule has 0 radical (unpaired) electrons. The Balaban J connectivity index is 1.61. The first-order chi connectivity index (χ1) is 14.5. The van der Waals surface area contributed by atoms with Crippen LogP contribution < -0.4 is 5.32 Å². The number of hydrogen-bond acceptors (Lipinski definition) is 6. The van der Waals surface area contributed by atoms with E-state index in [2.05, 4.69) is 5.32 Å². The molecular formula is C21H19N3O6. The van der Waals surface area contributed by atoms with Crippen LogP contribution in [0.2, 0.25) is 0 Å². The van der Waals surface area contributed by atoms with Crippen molar-refractivity contribution in [3.05, 3.63) is 70.0 Å². The predicted molar refractivity (Wildman–Crippen MR) is 108 cm³/mol. The van der Waals surface area contributed by atoms with E-state index < -0.39 is 10.8 Å². The number of anilines is 1. The molecule has 0 bridgehead atoms. The lowest BCUT2D eigenvalue weighted by molar-refractivity contribution is -0.384. The van der Waals surface area contributed by atoms with E-state index in [0.717, 1.165) is 0 Å². The van der Waals surface area contributed by atoms with Crippen molar-refractivity contribution >= 4 is 34.2 Å². The van der Waals surface area contributed by atoms with Gasteiger partial charge in [0.25, 0.3) is 11.6 Å². The van der Waals surface area contributed by atoms with Gasteiger partial charge < -0.3 is 19.4 Å². The summed E-state index contributed by atoms with van der Waals surface area (Å²) in [5.41, 5.74) is 1.20. The minimum absolute atomic E-state index is 0.0606. The number of rotatable bonds is 5. The molecule has 30 heavy (non-hydrogen) atoms. The number of furan rings is 1. The van der Waals surface area contributed by atoms with Gasteiger partial charge in [0.15, 0.2) is 0 Å². The Bertz CT molecular complexity index is 1120. The first-order valence-electron chi connectivity index (χ1n) is 9.44. The third-order valence-corrected chi connectivity index (χ3v) is 4.84. The highest BCUT2D eigenvalue weighted by molar-refractivity contribution is 6.11. The van der Waals surface area contributed by atoms with Crippen molar-refractivity contribution in [1.82, 2.24) is 4.90 Å². The zero-order valence-corrected chi connectivity index (χ0v) is 16.0. The average Bonchev–Trinajstić information content (AvgIpc) is 3.12. The highest BCUT2D eigenvalue weighted by Crippen LogP contribution is 2.32. The highest BCUT2D eigenvalue weighted by atomic mass is 16.6.